The number of rotatable bonds is 4. The smallest absolute Gasteiger partial charge is 0.220 e. The Kier molecular flexibility index (Phi) is 4.46. The van der Waals surface area contributed by atoms with E-state index in [4.69, 9.17) is 4.42 Å². The normalized spacial score (nSPS) is 11.4. The molecule has 21 heavy (non-hydrogen) atoms. The molecule has 0 aliphatic heterocycles. The van der Waals surface area contributed by atoms with Crippen LogP contribution >= 0.6 is 0 Å². The minimum absolute atomic E-state index is 0.0117. The van der Waals surface area contributed by atoms with E-state index in [1.165, 1.54) is 5.56 Å². The molecule has 4 nitrogen and oxygen atoms in total. The third-order valence-electron chi connectivity index (χ3n) is 2.97. The third kappa shape index (κ3) is 4.74. The standard InChI is InChI=1S/C17H22N2O2/c1-12-5-7-13(8-6-12)14-11-18-16(21-14)10-9-15(20)19-17(2,3)4/h5-8,11H,9-10H2,1-4H3,(H,19,20). The van der Waals surface area contributed by atoms with Gasteiger partial charge >= 0.3 is 0 Å². The van der Waals surface area contributed by atoms with Gasteiger partial charge in [0.2, 0.25) is 5.91 Å². The number of nitrogens with zero attached hydrogens (tertiary/aromatic N) is 1. The van der Waals surface area contributed by atoms with Gasteiger partial charge in [0.05, 0.1) is 6.20 Å². The van der Waals surface area contributed by atoms with E-state index in [9.17, 15) is 4.79 Å². The summed E-state index contributed by atoms with van der Waals surface area (Å²) in [5.41, 5.74) is 2.00. The van der Waals surface area contributed by atoms with Crippen molar-refractivity contribution in [1.82, 2.24) is 10.3 Å². The van der Waals surface area contributed by atoms with E-state index < -0.39 is 0 Å². The zero-order chi connectivity index (χ0) is 15.5. The molecular weight excluding hydrogens is 264 g/mol. The number of aromatic nitrogens is 1. The zero-order valence-corrected chi connectivity index (χ0v) is 13.1. The lowest BCUT2D eigenvalue weighted by atomic mass is 10.1. The molecule has 1 aromatic carbocycles. The Bertz CT molecular complexity index is 606. The molecule has 1 aromatic heterocycles. The summed E-state index contributed by atoms with van der Waals surface area (Å²) in [4.78, 5) is 16.0. The van der Waals surface area contributed by atoms with Gasteiger partial charge in [0.1, 0.15) is 0 Å². The van der Waals surface area contributed by atoms with E-state index >= 15 is 0 Å². The van der Waals surface area contributed by atoms with Gasteiger partial charge in [-0.2, -0.15) is 0 Å². The van der Waals surface area contributed by atoms with Gasteiger partial charge in [0.15, 0.2) is 11.7 Å². The van der Waals surface area contributed by atoms with Crippen LogP contribution < -0.4 is 5.32 Å². The van der Waals surface area contributed by atoms with Crippen molar-refractivity contribution in [2.75, 3.05) is 0 Å². The molecule has 2 rings (SSSR count). The molecule has 0 bridgehead atoms. The van der Waals surface area contributed by atoms with Crippen molar-refractivity contribution in [1.29, 1.82) is 0 Å². The highest BCUT2D eigenvalue weighted by atomic mass is 16.4. The van der Waals surface area contributed by atoms with Gasteiger partial charge in [-0.05, 0) is 27.7 Å². The largest absolute Gasteiger partial charge is 0.441 e. The number of aryl methyl sites for hydroxylation is 2. The molecule has 0 fully saturated rings. The Labute approximate surface area is 125 Å². The molecule has 0 unspecified atom stereocenters. The lowest BCUT2D eigenvalue weighted by Gasteiger charge is -2.20. The van der Waals surface area contributed by atoms with Crippen molar-refractivity contribution in [3.63, 3.8) is 0 Å². The van der Waals surface area contributed by atoms with E-state index in [2.05, 4.69) is 10.3 Å². The second-order valence-corrected chi connectivity index (χ2v) is 6.28. The van der Waals surface area contributed by atoms with Crippen LogP contribution in [0, 0.1) is 6.92 Å². The van der Waals surface area contributed by atoms with Gasteiger partial charge in [-0.25, -0.2) is 4.98 Å². The van der Waals surface area contributed by atoms with Crippen LogP contribution in [0.1, 0.15) is 38.6 Å². The number of amides is 1. The van der Waals surface area contributed by atoms with E-state index in [-0.39, 0.29) is 11.4 Å². The molecule has 1 amide bonds. The first-order valence-electron chi connectivity index (χ1n) is 7.16. The fourth-order valence-corrected chi connectivity index (χ4v) is 1.98. The molecule has 0 saturated heterocycles. The van der Waals surface area contributed by atoms with Gasteiger partial charge < -0.3 is 9.73 Å². The number of hydrogen-bond donors (Lipinski definition) is 1. The molecule has 0 spiro atoms. The number of carbonyl (C=O) groups excluding carboxylic acids is 1. The molecule has 112 valence electrons. The van der Waals surface area contributed by atoms with Gasteiger partial charge in [-0.1, -0.05) is 29.8 Å². The fraction of sp³-hybridized carbons (Fsp3) is 0.412. The van der Waals surface area contributed by atoms with E-state index in [0.717, 1.165) is 11.3 Å². The summed E-state index contributed by atoms with van der Waals surface area (Å²) in [7, 11) is 0. The topological polar surface area (TPSA) is 55.1 Å². The van der Waals surface area contributed by atoms with Crippen molar-refractivity contribution >= 4 is 5.91 Å². The van der Waals surface area contributed by atoms with Gasteiger partial charge in [-0.3, -0.25) is 4.79 Å². The van der Waals surface area contributed by atoms with Gasteiger partial charge in [0.25, 0.3) is 0 Å². The third-order valence-corrected chi connectivity index (χ3v) is 2.97. The lowest BCUT2D eigenvalue weighted by molar-refractivity contribution is -0.122. The first-order chi connectivity index (χ1) is 9.83. The molecular formula is C17H22N2O2. The molecule has 1 heterocycles. The number of oxazole rings is 1. The summed E-state index contributed by atoms with van der Waals surface area (Å²) < 4.78 is 5.70. The average molecular weight is 286 g/mol. The van der Waals surface area contributed by atoms with Crippen molar-refractivity contribution in [2.24, 2.45) is 0 Å². The van der Waals surface area contributed by atoms with E-state index in [1.807, 2.05) is 52.0 Å². The average Bonchev–Trinajstić information content (AvgIpc) is 2.84. The molecule has 4 heteroatoms. The van der Waals surface area contributed by atoms with Crippen molar-refractivity contribution in [3.8, 4) is 11.3 Å². The Morgan fingerprint density at radius 3 is 2.52 bits per heavy atom. The quantitative estimate of drug-likeness (QED) is 0.936. The van der Waals surface area contributed by atoms with Crippen LogP contribution in [0.2, 0.25) is 0 Å². The van der Waals surface area contributed by atoms with Crippen molar-refractivity contribution < 1.29 is 9.21 Å². The number of hydrogen-bond acceptors (Lipinski definition) is 3. The minimum atomic E-state index is -0.208. The Morgan fingerprint density at radius 1 is 1.24 bits per heavy atom. The summed E-state index contributed by atoms with van der Waals surface area (Å²) >= 11 is 0. The summed E-state index contributed by atoms with van der Waals surface area (Å²) in [5.74, 6) is 1.34. The lowest BCUT2D eigenvalue weighted by Crippen LogP contribution is -2.40. The van der Waals surface area contributed by atoms with Crippen LogP contribution in [0.5, 0.6) is 0 Å². The Hall–Kier alpha value is -2.10. The minimum Gasteiger partial charge on any atom is -0.441 e. The van der Waals surface area contributed by atoms with Gasteiger partial charge in [-0.15, -0.1) is 0 Å². The predicted molar refractivity (Wildman–Crippen MR) is 82.9 cm³/mol. The maximum atomic E-state index is 11.8. The Balaban J connectivity index is 1.94. The van der Waals surface area contributed by atoms with Gasteiger partial charge in [0, 0.05) is 23.9 Å². The van der Waals surface area contributed by atoms with Crippen molar-refractivity contribution in [3.05, 3.63) is 41.9 Å². The summed E-state index contributed by atoms with van der Waals surface area (Å²) in [6, 6.07) is 8.08. The SMILES string of the molecule is Cc1ccc(-c2cnc(CCC(=O)NC(C)(C)C)o2)cc1. The highest BCUT2D eigenvalue weighted by Crippen LogP contribution is 2.21. The molecule has 0 aliphatic rings. The molecule has 0 atom stereocenters. The maximum absolute atomic E-state index is 11.8. The summed E-state index contributed by atoms with van der Waals surface area (Å²) in [5, 5.41) is 2.93. The highest BCUT2D eigenvalue weighted by molar-refractivity contribution is 5.76. The Morgan fingerprint density at radius 2 is 1.90 bits per heavy atom. The first-order valence-corrected chi connectivity index (χ1v) is 7.16. The monoisotopic (exact) mass is 286 g/mol. The second-order valence-electron chi connectivity index (χ2n) is 6.28. The molecule has 0 saturated carbocycles. The zero-order valence-electron chi connectivity index (χ0n) is 13.1. The second kappa shape index (κ2) is 6.12. The van der Waals surface area contributed by atoms with Crippen molar-refractivity contribution in [2.45, 2.75) is 46.1 Å². The molecule has 1 N–H and O–H groups in total. The van der Waals surface area contributed by atoms with Crippen LogP contribution in [-0.4, -0.2) is 16.4 Å². The summed E-state index contributed by atoms with van der Waals surface area (Å²) in [6.07, 6.45) is 2.60. The van der Waals surface area contributed by atoms with Crippen LogP contribution in [0.25, 0.3) is 11.3 Å². The summed E-state index contributed by atoms with van der Waals surface area (Å²) in [6.45, 7) is 7.94. The van der Waals surface area contributed by atoms with Crippen LogP contribution in [0.3, 0.4) is 0 Å². The molecule has 0 radical (unpaired) electrons. The highest BCUT2D eigenvalue weighted by Gasteiger charge is 2.14. The van der Waals surface area contributed by atoms with Crippen LogP contribution in [0.4, 0.5) is 0 Å². The number of carbonyl (C=O) groups is 1. The molecule has 0 aliphatic carbocycles. The van der Waals surface area contributed by atoms with Crippen LogP contribution in [-0.2, 0) is 11.2 Å². The number of benzene rings is 1. The predicted octanol–water partition coefficient (Wildman–Crippen LogP) is 3.50. The van der Waals surface area contributed by atoms with E-state index in [1.54, 1.807) is 6.20 Å². The fourth-order valence-electron chi connectivity index (χ4n) is 1.98. The van der Waals surface area contributed by atoms with E-state index in [0.29, 0.717) is 18.7 Å². The number of nitrogens with one attached hydrogen (secondary N) is 1. The maximum Gasteiger partial charge on any atom is 0.220 e. The first kappa shape index (κ1) is 15.3. The van der Waals surface area contributed by atoms with Crippen LogP contribution in [0.15, 0.2) is 34.9 Å². The molecule has 2 aromatic rings.